The van der Waals surface area contributed by atoms with E-state index in [2.05, 4.69) is 5.32 Å². The first-order valence-electron chi connectivity index (χ1n) is 6.69. The predicted octanol–water partition coefficient (Wildman–Crippen LogP) is 3.56. The van der Waals surface area contributed by atoms with Crippen LogP contribution in [-0.4, -0.2) is 18.1 Å². The Labute approximate surface area is 134 Å². The Morgan fingerprint density at radius 2 is 1.86 bits per heavy atom. The smallest absolute Gasteiger partial charge is 0.336 e. The number of carbonyl (C=O) groups is 1. The molecule has 1 aliphatic heterocycles. The van der Waals surface area contributed by atoms with Crippen LogP contribution in [0, 0.1) is 0 Å². The van der Waals surface area contributed by atoms with Gasteiger partial charge in [0.05, 0.1) is 5.57 Å². The second-order valence-corrected chi connectivity index (χ2v) is 4.82. The first-order chi connectivity index (χ1) is 10.2. The van der Waals surface area contributed by atoms with Crippen molar-refractivity contribution in [1.29, 1.82) is 0 Å². The fourth-order valence-corrected chi connectivity index (χ4v) is 2.51. The number of ether oxygens (including phenoxy) is 1. The standard InChI is InChI=1S/C17H15NO3.ClH/c1-18-10-12-6-4-8-15-16(12)13(17(19)20)9-11-5-2-3-7-14(11)21-15;/h2-9,18H,10H2,1H3,(H,19,20);1H. The van der Waals surface area contributed by atoms with Gasteiger partial charge < -0.3 is 15.2 Å². The molecule has 0 radical (unpaired) electrons. The molecule has 0 spiro atoms. The number of para-hydroxylation sites is 1. The minimum Gasteiger partial charge on any atom is -0.478 e. The number of hydrogen-bond acceptors (Lipinski definition) is 3. The maximum absolute atomic E-state index is 11.7. The van der Waals surface area contributed by atoms with Gasteiger partial charge in [0.15, 0.2) is 0 Å². The molecule has 0 aliphatic carbocycles. The molecular formula is C17H16ClNO3. The summed E-state index contributed by atoms with van der Waals surface area (Å²) in [5, 5.41) is 12.6. The van der Waals surface area contributed by atoms with Gasteiger partial charge in [0.2, 0.25) is 0 Å². The molecule has 5 heteroatoms. The van der Waals surface area contributed by atoms with Crippen molar-refractivity contribution < 1.29 is 14.6 Å². The Hall–Kier alpha value is -2.30. The van der Waals surface area contributed by atoms with Crippen molar-refractivity contribution in [1.82, 2.24) is 5.32 Å². The van der Waals surface area contributed by atoms with E-state index in [0.717, 1.165) is 11.1 Å². The van der Waals surface area contributed by atoms with Gasteiger partial charge in [0.25, 0.3) is 0 Å². The molecule has 114 valence electrons. The summed E-state index contributed by atoms with van der Waals surface area (Å²) in [6.45, 7) is 0.577. The largest absolute Gasteiger partial charge is 0.478 e. The Balaban J connectivity index is 0.00000176. The van der Waals surface area contributed by atoms with Crippen LogP contribution in [0.1, 0.15) is 16.7 Å². The average molecular weight is 318 g/mol. The highest BCUT2D eigenvalue weighted by molar-refractivity contribution is 6.22. The van der Waals surface area contributed by atoms with Gasteiger partial charge in [-0.05, 0) is 30.8 Å². The molecule has 2 N–H and O–H groups in total. The van der Waals surface area contributed by atoms with Gasteiger partial charge in [-0.1, -0.05) is 30.3 Å². The molecule has 22 heavy (non-hydrogen) atoms. The predicted molar refractivity (Wildman–Crippen MR) is 88.5 cm³/mol. The summed E-state index contributed by atoms with van der Waals surface area (Å²) in [5.74, 6) is 0.276. The summed E-state index contributed by atoms with van der Waals surface area (Å²) in [7, 11) is 1.83. The molecule has 1 aliphatic rings. The first-order valence-corrected chi connectivity index (χ1v) is 6.69. The van der Waals surface area contributed by atoms with Gasteiger partial charge in [-0.3, -0.25) is 0 Å². The Bertz CT molecular complexity index is 740. The van der Waals surface area contributed by atoms with E-state index >= 15 is 0 Å². The quantitative estimate of drug-likeness (QED) is 0.908. The molecule has 2 aromatic rings. The second-order valence-electron chi connectivity index (χ2n) is 4.82. The van der Waals surface area contributed by atoms with Crippen molar-refractivity contribution in [2.45, 2.75) is 6.54 Å². The lowest BCUT2D eigenvalue weighted by Gasteiger charge is -2.13. The van der Waals surface area contributed by atoms with E-state index in [1.807, 2.05) is 43.4 Å². The van der Waals surface area contributed by atoms with E-state index in [1.165, 1.54) is 0 Å². The summed E-state index contributed by atoms with van der Waals surface area (Å²) in [6.07, 6.45) is 1.67. The number of halogens is 1. The molecule has 1 heterocycles. The normalized spacial score (nSPS) is 12.0. The summed E-state index contributed by atoms with van der Waals surface area (Å²) < 4.78 is 5.93. The maximum Gasteiger partial charge on any atom is 0.336 e. The molecule has 0 atom stereocenters. The van der Waals surface area contributed by atoms with Crippen molar-refractivity contribution in [2.24, 2.45) is 0 Å². The van der Waals surface area contributed by atoms with Crippen molar-refractivity contribution in [3.05, 3.63) is 59.2 Å². The van der Waals surface area contributed by atoms with Crippen molar-refractivity contribution in [2.75, 3.05) is 7.05 Å². The molecule has 4 nitrogen and oxygen atoms in total. The zero-order valence-electron chi connectivity index (χ0n) is 12.0. The first kappa shape index (κ1) is 16.1. The van der Waals surface area contributed by atoms with Crippen molar-refractivity contribution >= 4 is 30.0 Å². The number of aliphatic carboxylic acids is 1. The van der Waals surface area contributed by atoms with Crippen LogP contribution in [0.3, 0.4) is 0 Å². The van der Waals surface area contributed by atoms with E-state index in [9.17, 15) is 9.90 Å². The van der Waals surface area contributed by atoms with E-state index in [1.54, 1.807) is 12.1 Å². The third-order valence-electron chi connectivity index (χ3n) is 3.42. The molecular weight excluding hydrogens is 302 g/mol. The summed E-state index contributed by atoms with van der Waals surface area (Å²) >= 11 is 0. The Morgan fingerprint density at radius 3 is 2.59 bits per heavy atom. The fourth-order valence-electron chi connectivity index (χ4n) is 2.51. The van der Waals surface area contributed by atoms with Gasteiger partial charge in [-0.15, -0.1) is 12.4 Å². The molecule has 3 rings (SSSR count). The number of fused-ring (bicyclic) bond motifs is 2. The maximum atomic E-state index is 11.7. The third kappa shape index (κ3) is 2.84. The molecule has 0 saturated carbocycles. The van der Waals surface area contributed by atoms with Crippen molar-refractivity contribution in [3.63, 3.8) is 0 Å². The highest BCUT2D eigenvalue weighted by atomic mass is 35.5. The molecule has 2 aromatic carbocycles. The van der Waals surface area contributed by atoms with Gasteiger partial charge in [-0.2, -0.15) is 0 Å². The Kier molecular flexibility index (Phi) is 4.85. The third-order valence-corrected chi connectivity index (χ3v) is 3.42. The number of hydrogen-bond donors (Lipinski definition) is 2. The average Bonchev–Trinajstić information content (AvgIpc) is 2.64. The van der Waals surface area contributed by atoms with Crippen LogP contribution in [0.25, 0.3) is 11.6 Å². The number of benzene rings is 2. The van der Waals surface area contributed by atoms with Crippen LogP contribution in [-0.2, 0) is 11.3 Å². The zero-order chi connectivity index (χ0) is 14.8. The highest BCUT2D eigenvalue weighted by Gasteiger charge is 2.23. The van der Waals surface area contributed by atoms with Crippen molar-refractivity contribution in [3.8, 4) is 11.5 Å². The van der Waals surface area contributed by atoms with Crippen LogP contribution in [0.4, 0.5) is 0 Å². The highest BCUT2D eigenvalue weighted by Crippen LogP contribution is 2.39. The number of carboxylic acids is 1. The fraction of sp³-hybridized carbons (Fsp3) is 0.118. The van der Waals surface area contributed by atoms with Gasteiger partial charge in [0.1, 0.15) is 11.5 Å². The lowest BCUT2D eigenvalue weighted by atomic mass is 9.97. The van der Waals surface area contributed by atoms with Crippen LogP contribution in [0.2, 0.25) is 0 Å². The van der Waals surface area contributed by atoms with Crippen LogP contribution >= 0.6 is 12.4 Å². The lowest BCUT2D eigenvalue weighted by Crippen LogP contribution is -2.10. The molecule has 0 bridgehead atoms. The summed E-state index contributed by atoms with van der Waals surface area (Å²) in [4.78, 5) is 11.7. The van der Waals surface area contributed by atoms with E-state index in [-0.39, 0.29) is 18.0 Å². The minimum absolute atomic E-state index is 0. The van der Waals surface area contributed by atoms with Crippen LogP contribution < -0.4 is 10.1 Å². The zero-order valence-corrected chi connectivity index (χ0v) is 12.8. The molecule has 0 fully saturated rings. The van der Waals surface area contributed by atoms with Gasteiger partial charge >= 0.3 is 5.97 Å². The number of rotatable bonds is 3. The molecule has 0 amide bonds. The second kappa shape index (κ2) is 6.64. The Morgan fingerprint density at radius 1 is 1.14 bits per heavy atom. The van der Waals surface area contributed by atoms with Gasteiger partial charge in [0, 0.05) is 17.7 Å². The van der Waals surface area contributed by atoms with E-state index in [4.69, 9.17) is 4.74 Å². The molecule has 0 unspecified atom stereocenters. The topological polar surface area (TPSA) is 58.6 Å². The molecule has 0 aromatic heterocycles. The monoisotopic (exact) mass is 317 g/mol. The summed E-state index contributed by atoms with van der Waals surface area (Å²) in [5.41, 5.74) is 2.55. The van der Waals surface area contributed by atoms with E-state index in [0.29, 0.717) is 23.6 Å². The molecule has 0 saturated heterocycles. The number of carboxylic acid groups (broad SMARTS) is 1. The minimum atomic E-state index is -0.958. The number of nitrogens with one attached hydrogen (secondary N) is 1. The summed E-state index contributed by atoms with van der Waals surface area (Å²) in [6, 6.07) is 13.0. The lowest BCUT2D eigenvalue weighted by molar-refractivity contribution is -0.130. The van der Waals surface area contributed by atoms with Crippen LogP contribution in [0.5, 0.6) is 11.5 Å². The van der Waals surface area contributed by atoms with Gasteiger partial charge in [-0.25, -0.2) is 4.79 Å². The van der Waals surface area contributed by atoms with E-state index < -0.39 is 5.97 Å². The SMILES string of the molecule is CNCc1cccc2c1C(C(=O)O)=Cc1ccccc1O2.Cl. The van der Waals surface area contributed by atoms with Crippen LogP contribution in [0.15, 0.2) is 42.5 Å².